The van der Waals surface area contributed by atoms with E-state index in [-0.39, 0.29) is 6.61 Å². The van der Waals surface area contributed by atoms with E-state index in [4.69, 9.17) is 0 Å². The van der Waals surface area contributed by atoms with E-state index in [9.17, 15) is 5.11 Å². The highest BCUT2D eigenvalue weighted by Gasteiger charge is 2.29. The summed E-state index contributed by atoms with van der Waals surface area (Å²) in [4.78, 5) is 5.11. The monoisotopic (exact) mass is 246 g/mol. The molecule has 2 fully saturated rings. The summed E-state index contributed by atoms with van der Waals surface area (Å²) in [6.07, 6.45) is 4.06. The van der Waals surface area contributed by atoms with Crippen molar-refractivity contribution in [2.45, 2.75) is 31.9 Å². The molecule has 1 saturated carbocycles. The fourth-order valence-corrected chi connectivity index (χ4v) is 2.85. The first kappa shape index (κ1) is 12.0. The minimum Gasteiger partial charge on any atom is -0.392 e. The van der Waals surface area contributed by atoms with Gasteiger partial charge < -0.3 is 10.0 Å². The Morgan fingerprint density at radius 2 is 2.00 bits per heavy atom. The van der Waals surface area contributed by atoms with Gasteiger partial charge in [-0.15, -0.1) is 0 Å². The number of hydrogen-bond acceptors (Lipinski definition) is 3. The van der Waals surface area contributed by atoms with E-state index in [1.165, 1.54) is 38.0 Å². The van der Waals surface area contributed by atoms with Crippen LogP contribution in [0.15, 0.2) is 24.3 Å². The second-order valence-corrected chi connectivity index (χ2v) is 5.44. The molecule has 18 heavy (non-hydrogen) atoms. The van der Waals surface area contributed by atoms with Gasteiger partial charge in [0.15, 0.2) is 0 Å². The molecule has 0 aromatic heterocycles. The van der Waals surface area contributed by atoms with Crippen molar-refractivity contribution in [2.24, 2.45) is 0 Å². The van der Waals surface area contributed by atoms with E-state index in [0.717, 1.165) is 24.7 Å². The van der Waals surface area contributed by atoms with Gasteiger partial charge in [-0.1, -0.05) is 12.1 Å². The average Bonchev–Trinajstić information content (AvgIpc) is 3.24. The summed E-state index contributed by atoms with van der Waals surface area (Å²) in [5.74, 6) is 0. The van der Waals surface area contributed by atoms with Gasteiger partial charge in [0, 0.05) is 37.9 Å². The predicted molar refractivity (Wildman–Crippen MR) is 73.8 cm³/mol. The Balaban J connectivity index is 1.67. The molecule has 0 atom stereocenters. The van der Waals surface area contributed by atoms with Crippen LogP contribution in [0.5, 0.6) is 0 Å². The summed E-state index contributed by atoms with van der Waals surface area (Å²) in [5, 5.41) is 9.21. The molecule has 1 saturated heterocycles. The Morgan fingerprint density at radius 1 is 1.11 bits per heavy atom. The van der Waals surface area contributed by atoms with Crippen molar-refractivity contribution in [3.8, 4) is 0 Å². The molecule has 1 aliphatic heterocycles. The van der Waals surface area contributed by atoms with E-state index < -0.39 is 0 Å². The van der Waals surface area contributed by atoms with Gasteiger partial charge in [0.1, 0.15) is 0 Å². The summed E-state index contributed by atoms with van der Waals surface area (Å²) in [5.41, 5.74) is 2.27. The topological polar surface area (TPSA) is 26.7 Å². The van der Waals surface area contributed by atoms with Crippen LogP contribution in [-0.2, 0) is 6.61 Å². The lowest BCUT2D eigenvalue weighted by Gasteiger charge is -2.24. The molecule has 1 aromatic carbocycles. The minimum absolute atomic E-state index is 0.135. The number of rotatable bonds is 3. The van der Waals surface area contributed by atoms with Crippen LogP contribution in [-0.4, -0.2) is 42.2 Å². The highest BCUT2D eigenvalue weighted by atomic mass is 16.3. The normalized spacial score (nSPS) is 21.9. The van der Waals surface area contributed by atoms with Gasteiger partial charge in [-0.3, -0.25) is 4.90 Å². The molecule has 3 rings (SSSR count). The molecule has 0 unspecified atom stereocenters. The van der Waals surface area contributed by atoms with Crippen LogP contribution in [0.3, 0.4) is 0 Å². The van der Waals surface area contributed by atoms with Crippen LogP contribution in [0.2, 0.25) is 0 Å². The van der Waals surface area contributed by atoms with Crippen molar-refractivity contribution in [2.75, 3.05) is 31.1 Å². The van der Waals surface area contributed by atoms with Crippen LogP contribution in [0.4, 0.5) is 5.69 Å². The SMILES string of the molecule is OCc1cccc(N2CCCN(C3CC3)CC2)c1. The third-order valence-electron chi connectivity index (χ3n) is 4.05. The van der Waals surface area contributed by atoms with Crippen molar-refractivity contribution in [1.82, 2.24) is 4.90 Å². The summed E-state index contributed by atoms with van der Waals surface area (Å²) >= 11 is 0. The Hall–Kier alpha value is -1.06. The summed E-state index contributed by atoms with van der Waals surface area (Å²) in [7, 11) is 0. The zero-order valence-corrected chi connectivity index (χ0v) is 10.9. The van der Waals surface area contributed by atoms with Gasteiger partial charge in [-0.25, -0.2) is 0 Å². The molecule has 1 N–H and O–H groups in total. The maximum atomic E-state index is 9.21. The van der Waals surface area contributed by atoms with Crippen LogP contribution in [0.25, 0.3) is 0 Å². The molecule has 1 aliphatic carbocycles. The predicted octanol–water partition coefficient (Wildman–Crippen LogP) is 1.85. The molecule has 1 heterocycles. The summed E-state index contributed by atoms with van der Waals surface area (Å²) < 4.78 is 0. The molecule has 98 valence electrons. The third kappa shape index (κ3) is 2.68. The lowest BCUT2D eigenvalue weighted by Crippen LogP contribution is -2.32. The van der Waals surface area contributed by atoms with Crippen molar-refractivity contribution >= 4 is 5.69 Å². The van der Waals surface area contributed by atoms with Crippen molar-refractivity contribution in [3.63, 3.8) is 0 Å². The largest absolute Gasteiger partial charge is 0.392 e. The first-order valence-electron chi connectivity index (χ1n) is 7.05. The molecule has 3 heteroatoms. The molecular formula is C15H22N2O. The fraction of sp³-hybridized carbons (Fsp3) is 0.600. The molecule has 0 bridgehead atoms. The van der Waals surface area contributed by atoms with Gasteiger partial charge in [-0.2, -0.15) is 0 Å². The minimum atomic E-state index is 0.135. The van der Waals surface area contributed by atoms with Crippen molar-refractivity contribution in [3.05, 3.63) is 29.8 Å². The molecular weight excluding hydrogens is 224 g/mol. The van der Waals surface area contributed by atoms with Crippen molar-refractivity contribution in [1.29, 1.82) is 0 Å². The van der Waals surface area contributed by atoms with E-state index in [2.05, 4.69) is 21.9 Å². The van der Waals surface area contributed by atoms with E-state index in [0.29, 0.717) is 0 Å². The molecule has 0 radical (unpaired) electrons. The van der Waals surface area contributed by atoms with Gasteiger partial charge in [0.25, 0.3) is 0 Å². The highest BCUT2D eigenvalue weighted by Crippen LogP contribution is 2.28. The van der Waals surface area contributed by atoms with E-state index in [1.807, 2.05) is 12.1 Å². The Kier molecular flexibility index (Phi) is 3.52. The Bertz CT molecular complexity index is 403. The smallest absolute Gasteiger partial charge is 0.0682 e. The zero-order valence-electron chi connectivity index (χ0n) is 10.9. The van der Waals surface area contributed by atoms with Gasteiger partial charge in [0.2, 0.25) is 0 Å². The number of nitrogens with zero attached hydrogens (tertiary/aromatic N) is 2. The number of anilines is 1. The molecule has 0 spiro atoms. The fourth-order valence-electron chi connectivity index (χ4n) is 2.85. The zero-order chi connectivity index (χ0) is 12.4. The first-order chi connectivity index (χ1) is 8.86. The second-order valence-electron chi connectivity index (χ2n) is 5.44. The Labute approximate surface area is 109 Å². The number of hydrogen-bond donors (Lipinski definition) is 1. The molecule has 1 aromatic rings. The molecule has 3 nitrogen and oxygen atoms in total. The van der Waals surface area contributed by atoms with Crippen LogP contribution < -0.4 is 4.90 Å². The van der Waals surface area contributed by atoms with Crippen LogP contribution >= 0.6 is 0 Å². The van der Waals surface area contributed by atoms with Gasteiger partial charge in [0.05, 0.1) is 6.61 Å². The Morgan fingerprint density at radius 3 is 2.78 bits per heavy atom. The van der Waals surface area contributed by atoms with Gasteiger partial charge in [-0.05, 0) is 37.0 Å². The van der Waals surface area contributed by atoms with E-state index >= 15 is 0 Å². The maximum Gasteiger partial charge on any atom is 0.0682 e. The van der Waals surface area contributed by atoms with Crippen LogP contribution in [0, 0.1) is 0 Å². The number of benzene rings is 1. The number of aliphatic hydroxyl groups is 1. The lowest BCUT2D eigenvalue weighted by molar-refractivity contribution is 0.281. The number of aliphatic hydroxyl groups excluding tert-OH is 1. The van der Waals surface area contributed by atoms with Crippen molar-refractivity contribution < 1.29 is 5.11 Å². The van der Waals surface area contributed by atoms with E-state index in [1.54, 1.807) is 0 Å². The van der Waals surface area contributed by atoms with Gasteiger partial charge >= 0.3 is 0 Å². The van der Waals surface area contributed by atoms with Crippen LogP contribution in [0.1, 0.15) is 24.8 Å². The molecule has 2 aliphatic rings. The lowest BCUT2D eigenvalue weighted by atomic mass is 10.2. The standard InChI is InChI=1S/C15H22N2O/c18-12-13-3-1-4-15(11-13)17-8-2-7-16(9-10-17)14-5-6-14/h1,3-4,11,14,18H,2,5-10,12H2. The highest BCUT2D eigenvalue weighted by molar-refractivity contribution is 5.48. The average molecular weight is 246 g/mol. The summed E-state index contributed by atoms with van der Waals surface area (Å²) in [6.45, 7) is 4.83. The second kappa shape index (κ2) is 5.29. The molecule has 0 amide bonds. The first-order valence-corrected chi connectivity index (χ1v) is 7.05. The maximum absolute atomic E-state index is 9.21. The summed E-state index contributed by atoms with van der Waals surface area (Å²) in [6, 6.07) is 9.19. The quantitative estimate of drug-likeness (QED) is 0.882. The third-order valence-corrected chi connectivity index (χ3v) is 4.05.